The number of sulfone groups is 1. The Morgan fingerprint density at radius 1 is 1.06 bits per heavy atom. The summed E-state index contributed by atoms with van der Waals surface area (Å²) in [4.78, 5) is 2.97. The number of β-amino-alcohol motifs (C(OH)–C–C–N with tert-alkyl or cyclic N) is 1. The number of hydrogen-bond donors (Lipinski definition) is 1. The third kappa shape index (κ3) is 4.54. The molecule has 1 saturated heterocycles. The number of likely N-dealkylation sites (tertiary alicyclic amines) is 1. The highest BCUT2D eigenvalue weighted by molar-refractivity contribution is 7.91. The van der Waals surface area contributed by atoms with Crippen molar-refractivity contribution in [3.63, 3.8) is 0 Å². The fourth-order valence-electron chi connectivity index (χ4n) is 4.33. The molecule has 1 fully saturated rings. The van der Waals surface area contributed by atoms with Crippen molar-refractivity contribution in [2.75, 3.05) is 19.3 Å². The molecular formula is C22H20ClF2NO3S2. The first-order valence-electron chi connectivity index (χ1n) is 9.47. The third-order valence-electron chi connectivity index (χ3n) is 5.42. The summed E-state index contributed by atoms with van der Waals surface area (Å²) in [6, 6.07) is 13.6. The molecule has 164 valence electrons. The van der Waals surface area contributed by atoms with Gasteiger partial charge >= 0.3 is 0 Å². The van der Waals surface area contributed by atoms with Crippen LogP contribution in [0.5, 0.6) is 0 Å². The van der Waals surface area contributed by atoms with E-state index in [4.69, 9.17) is 11.6 Å². The fourth-order valence-corrected chi connectivity index (χ4v) is 6.92. The van der Waals surface area contributed by atoms with Gasteiger partial charge in [0.1, 0.15) is 22.5 Å². The van der Waals surface area contributed by atoms with Gasteiger partial charge in [0, 0.05) is 35.3 Å². The molecule has 0 saturated carbocycles. The van der Waals surface area contributed by atoms with Crippen LogP contribution in [0, 0.1) is 11.6 Å². The number of hydrogen-bond acceptors (Lipinski definition) is 5. The minimum Gasteiger partial charge on any atom is -0.385 e. The zero-order chi connectivity index (χ0) is 22.4. The van der Waals surface area contributed by atoms with Crippen molar-refractivity contribution in [3.05, 3.63) is 92.6 Å². The molecule has 1 aliphatic rings. The topological polar surface area (TPSA) is 57.6 Å². The van der Waals surface area contributed by atoms with Gasteiger partial charge in [0.2, 0.25) is 0 Å². The van der Waals surface area contributed by atoms with E-state index < -0.39 is 32.3 Å². The van der Waals surface area contributed by atoms with Crippen LogP contribution in [0.1, 0.15) is 27.3 Å². The smallest absolute Gasteiger partial charge is 0.157 e. The lowest BCUT2D eigenvalue weighted by Crippen LogP contribution is -2.66. The second kappa shape index (κ2) is 8.26. The van der Waals surface area contributed by atoms with Gasteiger partial charge in [-0.1, -0.05) is 29.8 Å². The lowest BCUT2D eigenvalue weighted by Gasteiger charge is -2.52. The van der Waals surface area contributed by atoms with E-state index in [1.165, 1.54) is 0 Å². The molecule has 9 heteroatoms. The second-order valence-corrected chi connectivity index (χ2v) is 11.4. The fraction of sp³-hybridized carbons (Fsp3) is 0.273. The third-order valence-corrected chi connectivity index (χ3v) is 8.17. The van der Waals surface area contributed by atoms with Crippen molar-refractivity contribution < 1.29 is 22.3 Å². The minimum absolute atomic E-state index is 0.0219. The van der Waals surface area contributed by atoms with Gasteiger partial charge in [0.15, 0.2) is 9.84 Å². The van der Waals surface area contributed by atoms with E-state index in [0.29, 0.717) is 11.1 Å². The van der Waals surface area contributed by atoms with Gasteiger partial charge in [0.25, 0.3) is 0 Å². The van der Waals surface area contributed by atoms with Crippen molar-refractivity contribution in [3.8, 4) is 0 Å². The molecule has 1 aliphatic heterocycles. The van der Waals surface area contributed by atoms with Gasteiger partial charge in [-0.05, 0) is 46.8 Å². The summed E-state index contributed by atoms with van der Waals surface area (Å²) in [5.74, 6) is -1.78. The van der Waals surface area contributed by atoms with Gasteiger partial charge in [0.05, 0.1) is 6.04 Å². The maximum Gasteiger partial charge on any atom is 0.157 e. The zero-order valence-corrected chi connectivity index (χ0v) is 18.9. The molecule has 4 nitrogen and oxygen atoms in total. The van der Waals surface area contributed by atoms with E-state index in [2.05, 4.69) is 0 Å². The Balaban J connectivity index is 1.68. The van der Waals surface area contributed by atoms with Crippen LogP contribution in [0.25, 0.3) is 0 Å². The Morgan fingerprint density at radius 3 is 2.19 bits per heavy atom. The molecule has 0 aliphatic carbocycles. The number of nitrogens with zero attached hydrogens (tertiary/aromatic N) is 1. The van der Waals surface area contributed by atoms with Gasteiger partial charge in [-0.15, -0.1) is 11.3 Å². The molecule has 2 heterocycles. The first-order chi connectivity index (χ1) is 14.6. The predicted molar refractivity (Wildman–Crippen MR) is 118 cm³/mol. The molecule has 1 N–H and O–H groups in total. The zero-order valence-electron chi connectivity index (χ0n) is 16.5. The van der Waals surface area contributed by atoms with Crippen LogP contribution in [0.3, 0.4) is 0 Å². The van der Waals surface area contributed by atoms with E-state index in [0.717, 1.165) is 28.8 Å². The van der Waals surface area contributed by atoms with E-state index in [1.54, 1.807) is 23.5 Å². The first-order valence-corrected chi connectivity index (χ1v) is 12.7. The van der Waals surface area contributed by atoms with Gasteiger partial charge in [-0.2, -0.15) is 0 Å². The van der Waals surface area contributed by atoms with Gasteiger partial charge in [-0.3, -0.25) is 4.90 Å². The van der Waals surface area contributed by atoms with E-state index in [9.17, 15) is 22.3 Å². The molecule has 2 unspecified atom stereocenters. The summed E-state index contributed by atoms with van der Waals surface area (Å²) >= 11 is 7.57. The van der Waals surface area contributed by atoms with E-state index in [1.807, 2.05) is 34.5 Å². The Labute approximate surface area is 188 Å². The summed E-state index contributed by atoms with van der Waals surface area (Å²) < 4.78 is 52.7. The average molecular weight is 484 g/mol. The molecule has 2 atom stereocenters. The summed E-state index contributed by atoms with van der Waals surface area (Å²) in [5.41, 5.74) is -0.835. The van der Waals surface area contributed by atoms with Crippen LogP contribution in [-0.4, -0.2) is 43.4 Å². The van der Waals surface area contributed by atoms with Crippen molar-refractivity contribution in [2.24, 2.45) is 0 Å². The number of thiophene rings is 1. The minimum atomic E-state index is -3.87. The van der Waals surface area contributed by atoms with E-state index >= 15 is 0 Å². The molecule has 4 rings (SSSR count). The van der Waals surface area contributed by atoms with Crippen LogP contribution < -0.4 is 0 Å². The Kier molecular flexibility index (Phi) is 5.95. The second-order valence-electron chi connectivity index (χ2n) is 7.89. The van der Waals surface area contributed by atoms with Crippen molar-refractivity contribution in [2.45, 2.75) is 16.9 Å². The van der Waals surface area contributed by atoms with E-state index in [-0.39, 0.29) is 24.7 Å². The number of rotatable bonds is 6. The molecule has 0 amide bonds. The van der Waals surface area contributed by atoms with Crippen LogP contribution in [-0.2, 0) is 9.84 Å². The molecule has 0 bridgehead atoms. The highest BCUT2D eigenvalue weighted by Gasteiger charge is 2.54. The Bertz CT molecular complexity index is 1160. The van der Waals surface area contributed by atoms with Crippen LogP contribution in [0.15, 0.2) is 60.0 Å². The first kappa shape index (κ1) is 22.4. The summed E-state index contributed by atoms with van der Waals surface area (Å²) in [6.45, 7) is 0.0438. The Morgan fingerprint density at radius 2 is 1.68 bits per heavy atom. The van der Waals surface area contributed by atoms with Gasteiger partial charge in [-0.25, -0.2) is 17.2 Å². The van der Waals surface area contributed by atoms with Crippen LogP contribution in [0.4, 0.5) is 8.78 Å². The monoisotopic (exact) mass is 483 g/mol. The number of halogens is 3. The highest BCUT2D eigenvalue weighted by Crippen LogP contribution is 2.45. The lowest BCUT2D eigenvalue weighted by atomic mass is 9.84. The molecule has 0 spiro atoms. The van der Waals surface area contributed by atoms with Crippen molar-refractivity contribution in [1.82, 2.24) is 4.90 Å². The van der Waals surface area contributed by atoms with Crippen LogP contribution in [0.2, 0.25) is 5.02 Å². The maximum atomic E-state index is 13.8. The predicted octanol–water partition coefficient (Wildman–Crippen LogP) is 4.60. The molecular weight excluding hydrogens is 464 g/mol. The number of benzene rings is 2. The molecule has 3 aromatic rings. The summed E-state index contributed by atoms with van der Waals surface area (Å²) in [7, 11) is -3.87. The SMILES string of the molecule is CS(=O)(=O)C(c1cc(F)cc(F)c1)C1(O)CN(C(c2ccc(Cl)cc2)c2cccs2)C1. The van der Waals surface area contributed by atoms with Crippen LogP contribution >= 0.6 is 22.9 Å². The highest BCUT2D eigenvalue weighted by atomic mass is 35.5. The largest absolute Gasteiger partial charge is 0.385 e. The normalized spacial score (nSPS) is 18.4. The molecule has 2 aromatic carbocycles. The summed E-state index contributed by atoms with van der Waals surface area (Å²) in [5, 5.41) is 12.4. The maximum absolute atomic E-state index is 13.8. The molecule has 1 aromatic heterocycles. The quantitative estimate of drug-likeness (QED) is 0.556. The van der Waals surface area contributed by atoms with Gasteiger partial charge < -0.3 is 5.11 Å². The Hall–Kier alpha value is -1.84. The van der Waals surface area contributed by atoms with Crippen molar-refractivity contribution in [1.29, 1.82) is 0 Å². The summed E-state index contributed by atoms with van der Waals surface area (Å²) in [6.07, 6.45) is 0.969. The molecule has 31 heavy (non-hydrogen) atoms. The lowest BCUT2D eigenvalue weighted by molar-refractivity contribution is -0.112. The number of aliphatic hydroxyl groups is 1. The standard InChI is InChI=1S/C22H20ClF2NO3S2/c1-31(28,29)21(15-9-17(24)11-18(25)10-15)22(27)12-26(13-22)20(19-3-2-8-30-19)14-4-6-16(23)7-5-14/h2-11,20-21,27H,12-13H2,1H3. The van der Waals surface area contributed by atoms with Crippen molar-refractivity contribution >= 4 is 32.8 Å². The average Bonchev–Trinajstić information content (AvgIpc) is 3.14. The molecule has 0 radical (unpaired) electrons.